The van der Waals surface area contributed by atoms with Gasteiger partial charge in [-0.1, -0.05) is 11.3 Å². The molecule has 154 valence electrons. The van der Waals surface area contributed by atoms with E-state index in [1.54, 1.807) is 37.3 Å². The molecule has 2 heterocycles. The fraction of sp³-hybridized carbons (Fsp3) is 0.211. The molecule has 0 bridgehead atoms. The maximum atomic E-state index is 12.4. The molecule has 3 aromatic rings. The van der Waals surface area contributed by atoms with Crippen LogP contribution in [0.15, 0.2) is 42.5 Å². The van der Waals surface area contributed by atoms with Gasteiger partial charge >= 0.3 is 0 Å². The first-order valence-electron chi connectivity index (χ1n) is 9.01. The van der Waals surface area contributed by atoms with Crippen molar-refractivity contribution in [2.45, 2.75) is 6.92 Å². The highest BCUT2D eigenvalue weighted by molar-refractivity contribution is 5.93. The van der Waals surface area contributed by atoms with E-state index in [0.717, 1.165) is 0 Å². The van der Waals surface area contributed by atoms with Gasteiger partial charge in [0.25, 0.3) is 11.6 Å². The molecule has 11 heteroatoms. The molecule has 0 fully saturated rings. The van der Waals surface area contributed by atoms with Crippen LogP contribution in [0.25, 0.3) is 5.69 Å². The second-order valence-corrected chi connectivity index (χ2v) is 6.33. The summed E-state index contributed by atoms with van der Waals surface area (Å²) in [5, 5.41) is 21.5. The number of aromatic nitrogens is 3. The molecule has 1 aliphatic rings. The SMILES string of the molecule is Cc1c(C(=O)NCCOc2ccc3c(c2)OCO3)nnn1-c1cccc([N+](=O)[O-])c1. The summed E-state index contributed by atoms with van der Waals surface area (Å²) in [4.78, 5) is 22.9. The maximum Gasteiger partial charge on any atom is 0.273 e. The van der Waals surface area contributed by atoms with Crippen molar-refractivity contribution in [1.29, 1.82) is 0 Å². The molecule has 11 nitrogen and oxygen atoms in total. The lowest BCUT2D eigenvalue weighted by molar-refractivity contribution is -0.384. The van der Waals surface area contributed by atoms with Crippen LogP contribution in [-0.4, -0.2) is 45.8 Å². The Bertz CT molecular complexity index is 1110. The lowest BCUT2D eigenvalue weighted by Crippen LogP contribution is -2.29. The predicted octanol–water partition coefficient (Wildman–Crippen LogP) is 2.02. The van der Waals surface area contributed by atoms with Gasteiger partial charge in [-0.15, -0.1) is 5.10 Å². The number of carbonyl (C=O) groups excluding carboxylic acids is 1. The molecular weight excluding hydrogens is 394 g/mol. The number of carbonyl (C=O) groups is 1. The number of nitrogens with one attached hydrogen (secondary N) is 1. The maximum absolute atomic E-state index is 12.4. The molecule has 1 amide bonds. The van der Waals surface area contributed by atoms with E-state index < -0.39 is 10.8 Å². The average molecular weight is 411 g/mol. The van der Waals surface area contributed by atoms with Crippen molar-refractivity contribution >= 4 is 11.6 Å². The van der Waals surface area contributed by atoms with Crippen molar-refractivity contribution < 1.29 is 23.9 Å². The molecule has 4 rings (SSSR count). The highest BCUT2D eigenvalue weighted by atomic mass is 16.7. The number of amides is 1. The third-order valence-corrected chi connectivity index (χ3v) is 4.40. The van der Waals surface area contributed by atoms with Crippen LogP contribution in [0.2, 0.25) is 0 Å². The molecule has 1 aliphatic heterocycles. The summed E-state index contributed by atoms with van der Waals surface area (Å²) >= 11 is 0. The summed E-state index contributed by atoms with van der Waals surface area (Å²) in [6.07, 6.45) is 0. The summed E-state index contributed by atoms with van der Waals surface area (Å²) in [5.41, 5.74) is 0.961. The van der Waals surface area contributed by atoms with Crippen LogP contribution >= 0.6 is 0 Å². The van der Waals surface area contributed by atoms with Gasteiger partial charge in [-0.3, -0.25) is 14.9 Å². The van der Waals surface area contributed by atoms with Crippen molar-refractivity contribution in [3.05, 3.63) is 64.0 Å². The minimum absolute atomic E-state index is 0.0749. The Morgan fingerprint density at radius 2 is 2.10 bits per heavy atom. The second-order valence-electron chi connectivity index (χ2n) is 6.33. The number of fused-ring (bicyclic) bond motifs is 1. The Morgan fingerprint density at radius 3 is 2.93 bits per heavy atom. The summed E-state index contributed by atoms with van der Waals surface area (Å²) in [6, 6.07) is 11.2. The van der Waals surface area contributed by atoms with Gasteiger partial charge in [0.15, 0.2) is 17.2 Å². The number of non-ortho nitro benzene ring substituents is 1. The first-order chi connectivity index (χ1) is 14.5. The van der Waals surface area contributed by atoms with E-state index in [1.165, 1.54) is 16.8 Å². The number of nitro groups is 1. The number of nitrogens with zero attached hydrogens (tertiary/aromatic N) is 4. The minimum Gasteiger partial charge on any atom is -0.492 e. The van der Waals surface area contributed by atoms with Gasteiger partial charge in [0, 0.05) is 18.2 Å². The zero-order valence-corrected chi connectivity index (χ0v) is 15.9. The molecule has 0 atom stereocenters. The molecule has 1 aromatic heterocycles. The molecule has 0 aliphatic carbocycles. The Morgan fingerprint density at radius 1 is 1.27 bits per heavy atom. The summed E-state index contributed by atoms with van der Waals surface area (Å²) < 4.78 is 17.5. The molecular formula is C19H17N5O6. The summed E-state index contributed by atoms with van der Waals surface area (Å²) in [6.45, 7) is 2.34. The molecule has 2 aromatic carbocycles. The van der Waals surface area contributed by atoms with E-state index in [4.69, 9.17) is 14.2 Å². The van der Waals surface area contributed by atoms with Gasteiger partial charge in [-0.05, 0) is 25.1 Å². The predicted molar refractivity (Wildman–Crippen MR) is 103 cm³/mol. The topological polar surface area (TPSA) is 131 Å². The van der Waals surface area contributed by atoms with Gasteiger partial charge in [0.2, 0.25) is 6.79 Å². The van der Waals surface area contributed by atoms with E-state index in [1.807, 2.05) is 0 Å². The normalized spacial score (nSPS) is 11.9. The monoisotopic (exact) mass is 411 g/mol. The number of hydrogen-bond donors (Lipinski definition) is 1. The first kappa shape index (κ1) is 19.2. The zero-order valence-electron chi connectivity index (χ0n) is 15.9. The highest BCUT2D eigenvalue weighted by Gasteiger charge is 2.18. The van der Waals surface area contributed by atoms with E-state index in [9.17, 15) is 14.9 Å². The standard InChI is InChI=1S/C19H17N5O6/c1-12-18(21-22-23(12)13-3-2-4-14(9-13)24(26)27)19(25)20-7-8-28-15-5-6-16-17(10-15)30-11-29-16/h2-6,9-10H,7-8,11H2,1H3,(H,20,25). The fourth-order valence-electron chi connectivity index (χ4n) is 2.91. The smallest absolute Gasteiger partial charge is 0.273 e. The fourth-order valence-corrected chi connectivity index (χ4v) is 2.91. The number of nitro benzene ring substituents is 1. The Labute approximate surface area is 170 Å². The van der Waals surface area contributed by atoms with Gasteiger partial charge in [0.1, 0.15) is 12.4 Å². The number of rotatable bonds is 7. The van der Waals surface area contributed by atoms with Crippen molar-refractivity contribution in [2.24, 2.45) is 0 Å². The van der Waals surface area contributed by atoms with E-state index in [0.29, 0.717) is 28.6 Å². The van der Waals surface area contributed by atoms with Crippen molar-refractivity contribution in [2.75, 3.05) is 19.9 Å². The molecule has 0 unspecified atom stereocenters. The molecule has 0 radical (unpaired) electrons. The number of benzene rings is 2. The lowest BCUT2D eigenvalue weighted by Gasteiger charge is -2.08. The Hall–Kier alpha value is -4.15. The average Bonchev–Trinajstić information content (AvgIpc) is 3.37. The van der Waals surface area contributed by atoms with Crippen molar-refractivity contribution in [3.63, 3.8) is 0 Å². The largest absolute Gasteiger partial charge is 0.492 e. The highest BCUT2D eigenvalue weighted by Crippen LogP contribution is 2.35. The Kier molecular flexibility index (Phi) is 5.16. The van der Waals surface area contributed by atoms with Gasteiger partial charge in [-0.25, -0.2) is 4.68 Å². The van der Waals surface area contributed by atoms with Crippen molar-refractivity contribution in [3.8, 4) is 22.9 Å². The molecule has 1 N–H and O–H groups in total. The third kappa shape index (κ3) is 3.85. The second kappa shape index (κ2) is 8.07. The van der Waals surface area contributed by atoms with Crippen LogP contribution < -0.4 is 19.5 Å². The quantitative estimate of drug-likeness (QED) is 0.355. The number of hydrogen-bond acceptors (Lipinski definition) is 8. The lowest BCUT2D eigenvalue weighted by atomic mass is 10.2. The number of ether oxygens (including phenoxy) is 3. The summed E-state index contributed by atoms with van der Waals surface area (Å²) in [7, 11) is 0. The van der Waals surface area contributed by atoms with E-state index in [2.05, 4.69) is 15.6 Å². The molecule has 0 saturated carbocycles. The molecule has 30 heavy (non-hydrogen) atoms. The van der Waals surface area contributed by atoms with Crippen LogP contribution in [-0.2, 0) is 0 Å². The zero-order chi connectivity index (χ0) is 21.1. The summed E-state index contributed by atoms with van der Waals surface area (Å²) in [5.74, 6) is 1.46. The molecule has 0 spiro atoms. The van der Waals surface area contributed by atoms with Gasteiger partial charge in [-0.2, -0.15) is 0 Å². The van der Waals surface area contributed by atoms with Crippen LogP contribution in [0.1, 0.15) is 16.2 Å². The van der Waals surface area contributed by atoms with Crippen LogP contribution in [0, 0.1) is 17.0 Å². The molecule has 0 saturated heterocycles. The first-order valence-corrected chi connectivity index (χ1v) is 9.01. The van der Waals surface area contributed by atoms with Crippen LogP contribution in [0.5, 0.6) is 17.2 Å². The van der Waals surface area contributed by atoms with E-state index in [-0.39, 0.29) is 31.3 Å². The van der Waals surface area contributed by atoms with E-state index >= 15 is 0 Å². The third-order valence-electron chi connectivity index (χ3n) is 4.40. The minimum atomic E-state index is -0.496. The van der Waals surface area contributed by atoms with Crippen molar-refractivity contribution in [1.82, 2.24) is 20.3 Å². The Balaban J connectivity index is 1.35. The van der Waals surface area contributed by atoms with Gasteiger partial charge in [0.05, 0.1) is 22.8 Å². The van der Waals surface area contributed by atoms with Crippen LogP contribution in [0.3, 0.4) is 0 Å². The van der Waals surface area contributed by atoms with Gasteiger partial charge < -0.3 is 19.5 Å². The van der Waals surface area contributed by atoms with Crippen LogP contribution in [0.4, 0.5) is 5.69 Å².